The number of aromatic nitrogens is 2. The molecule has 0 saturated heterocycles. The number of amides is 3. The summed E-state index contributed by atoms with van der Waals surface area (Å²) in [5, 5.41) is 4.05. The predicted octanol–water partition coefficient (Wildman–Crippen LogP) is 0.507. The molecule has 2 heterocycles. The number of hydrogen-bond donors (Lipinski definition) is 1. The molecule has 1 saturated carbocycles. The molecule has 3 amide bonds. The third-order valence-corrected chi connectivity index (χ3v) is 6.95. The fourth-order valence-corrected chi connectivity index (χ4v) is 4.92. The molecule has 1 fully saturated rings. The molecule has 1 unspecified atom stereocenters. The Kier molecular flexibility index (Phi) is 4.16. The second-order valence-electron chi connectivity index (χ2n) is 7.76. The highest BCUT2D eigenvalue weighted by Crippen LogP contribution is 2.36. The molecule has 1 aromatic heterocycles. The van der Waals surface area contributed by atoms with E-state index < -0.39 is 33.4 Å². The summed E-state index contributed by atoms with van der Waals surface area (Å²) >= 11 is 0. The quantitative estimate of drug-likeness (QED) is 0.720. The number of rotatable bonds is 5. The van der Waals surface area contributed by atoms with Crippen LogP contribution in [-0.2, 0) is 28.4 Å². The SMILES string of the molecule is Cn1cc(CN2C(=O)C3C=C(S(=O)(=O)NC4(C)CC4)C=CC3=[N+](C)C2=O)cn1. The first-order valence-electron chi connectivity index (χ1n) is 8.97. The molecule has 2 aliphatic carbocycles. The molecule has 9 nitrogen and oxygen atoms in total. The van der Waals surface area contributed by atoms with Crippen molar-refractivity contribution in [2.24, 2.45) is 13.0 Å². The van der Waals surface area contributed by atoms with Crippen LogP contribution in [0.5, 0.6) is 0 Å². The molecule has 148 valence electrons. The first kappa shape index (κ1) is 18.8. The Balaban J connectivity index is 1.66. The van der Waals surface area contributed by atoms with Gasteiger partial charge in [0.15, 0.2) is 0 Å². The van der Waals surface area contributed by atoms with Crippen molar-refractivity contribution < 1.29 is 22.6 Å². The summed E-state index contributed by atoms with van der Waals surface area (Å²) in [7, 11) is -0.405. The first-order valence-corrected chi connectivity index (χ1v) is 10.5. The maximum Gasteiger partial charge on any atom is 0.500 e. The second-order valence-corrected chi connectivity index (χ2v) is 9.44. The lowest BCUT2D eigenvalue weighted by Gasteiger charge is -2.26. The molecular weight excluding hydrogens is 382 g/mol. The fourth-order valence-electron chi connectivity index (χ4n) is 3.38. The Morgan fingerprint density at radius 2 is 2.04 bits per heavy atom. The summed E-state index contributed by atoms with van der Waals surface area (Å²) in [6.07, 6.45) is 9.29. The number of allylic oxidation sites excluding steroid dienone is 2. The lowest BCUT2D eigenvalue weighted by atomic mass is 9.94. The Morgan fingerprint density at radius 1 is 1.32 bits per heavy atom. The Morgan fingerprint density at radius 3 is 2.64 bits per heavy atom. The van der Waals surface area contributed by atoms with Crippen LogP contribution in [0.3, 0.4) is 0 Å². The van der Waals surface area contributed by atoms with Gasteiger partial charge in [0.25, 0.3) is 0 Å². The zero-order valence-corrected chi connectivity index (χ0v) is 16.7. The molecule has 1 aliphatic heterocycles. The molecule has 0 radical (unpaired) electrons. The number of fused-ring (bicyclic) bond motifs is 1. The van der Waals surface area contributed by atoms with Gasteiger partial charge in [-0.2, -0.15) is 19.4 Å². The van der Waals surface area contributed by atoms with E-state index in [9.17, 15) is 18.0 Å². The van der Waals surface area contributed by atoms with Crippen molar-refractivity contribution in [2.45, 2.75) is 31.8 Å². The Bertz CT molecular complexity index is 1080. The van der Waals surface area contributed by atoms with Gasteiger partial charge in [-0.1, -0.05) is 0 Å². The van der Waals surface area contributed by atoms with Crippen LogP contribution in [0, 0.1) is 5.92 Å². The zero-order chi connectivity index (χ0) is 20.3. The average molecular weight is 404 g/mol. The van der Waals surface area contributed by atoms with Gasteiger partial charge in [-0.15, -0.1) is 0 Å². The first-order chi connectivity index (χ1) is 13.1. The van der Waals surface area contributed by atoms with Gasteiger partial charge in [-0.3, -0.25) is 4.68 Å². The Hall–Kier alpha value is -2.59. The third-order valence-electron chi connectivity index (χ3n) is 5.30. The average Bonchev–Trinajstić information content (AvgIpc) is 3.20. The number of hydrogen-bond acceptors (Lipinski definition) is 5. The van der Waals surface area contributed by atoms with Crippen LogP contribution >= 0.6 is 0 Å². The topological polar surface area (TPSA) is 104 Å². The van der Waals surface area contributed by atoms with E-state index in [0.717, 1.165) is 17.7 Å². The van der Waals surface area contributed by atoms with Crippen LogP contribution in [-0.4, -0.2) is 57.9 Å². The number of nitrogens with one attached hydrogen (secondary N) is 1. The van der Waals surface area contributed by atoms with Gasteiger partial charge in [0, 0.05) is 24.3 Å². The molecule has 0 bridgehead atoms. The fraction of sp³-hybridized carbons (Fsp3) is 0.444. The molecule has 28 heavy (non-hydrogen) atoms. The van der Waals surface area contributed by atoms with Crippen molar-refractivity contribution in [3.8, 4) is 0 Å². The van der Waals surface area contributed by atoms with Crippen LogP contribution in [0.2, 0.25) is 0 Å². The summed E-state index contributed by atoms with van der Waals surface area (Å²) < 4.78 is 31.0. The minimum absolute atomic E-state index is 0.0480. The largest absolute Gasteiger partial charge is 0.500 e. The Labute approximate surface area is 163 Å². The van der Waals surface area contributed by atoms with Crippen molar-refractivity contribution in [1.82, 2.24) is 19.4 Å². The molecule has 1 aromatic rings. The van der Waals surface area contributed by atoms with Crippen molar-refractivity contribution in [3.05, 3.63) is 41.1 Å². The number of carbonyl (C=O) groups excluding carboxylic acids is 2. The second kappa shape index (κ2) is 6.21. The van der Waals surface area contributed by atoms with E-state index in [1.54, 1.807) is 31.2 Å². The molecule has 3 aliphatic rings. The number of aryl methyl sites for hydroxylation is 1. The highest BCUT2D eigenvalue weighted by molar-refractivity contribution is 7.93. The van der Waals surface area contributed by atoms with Gasteiger partial charge < -0.3 is 0 Å². The normalized spacial score (nSPS) is 23.8. The molecule has 1 N–H and O–H groups in total. The molecule has 10 heteroatoms. The van der Waals surface area contributed by atoms with Gasteiger partial charge >= 0.3 is 11.9 Å². The van der Waals surface area contributed by atoms with Gasteiger partial charge in [0.05, 0.1) is 18.1 Å². The van der Waals surface area contributed by atoms with Crippen molar-refractivity contribution in [3.63, 3.8) is 0 Å². The summed E-state index contributed by atoms with van der Waals surface area (Å²) in [5.74, 6) is -1.28. The molecule has 1 atom stereocenters. The van der Waals surface area contributed by atoms with Crippen molar-refractivity contribution >= 4 is 27.7 Å². The maximum atomic E-state index is 13.0. The summed E-state index contributed by atoms with van der Waals surface area (Å²) in [4.78, 5) is 26.9. The van der Waals surface area contributed by atoms with Crippen LogP contribution in [0.15, 0.2) is 35.5 Å². The summed E-state index contributed by atoms with van der Waals surface area (Å²) in [6.45, 7) is 1.93. The van der Waals surface area contributed by atoms with E-state index in [2.05, 4.69) is 9.82 Å². The van der Waals surface area contributed by atoms with E-state index in [0.29, 0.717) is 11.3 Å². The van der Waals surface area contributed by atoms with Crippen LogP contribution in [0.4, 0.5) is 4.79 Å². The van der Waals surface area contributed by atoms with Crippen LogP contribution < -0.4 is 4.72 Å². The van der Waals surface area contributed by atoms with Crippen molar-refractivity contribution in [2.75, 3.05) is 7.05 Å². The number of urea groups is 1. The standard InChI is InChI=1S/C18H22N5O4S/c1-18(6-7-18)20-28(26,27)13-4-5-15-14(8-13)16(24)23(17(25)22(15)3)11-12-9-19-21(2)10-12/h4-5,8-10,14,20H,6-7,11H2,1-3H3/q+1. The van der Waals surface area contributed by atoms with Crippen LogP contribution in [0.1, 0.15) is 25.3 Å². The minimum Gasteiger partial charge on any atom is -0.275 e. The zero-order valence-electron chi connectivity index (χ0n) is 15.9. The molecule has 4 rings (SSSR count). The number of imide groups is 1. The molecule has 0 aromatic carbocycles. The summed E-state index contributed by atoms with van der Waals surface area (Å²) in [5.41, 5.74) is 0.772. The van der Waals surface area contributed by atoms with Gasteiger partial charge in [-0.05, 0) is 38.0 Å². The van der Waals surface area contributed by atoms with E-state index >= 15 is 0 Å². The van der Waals surface area contributed by atoms with Crippen molar-refractivity contribution in [1.29, 1.82) is 0 Å². The van der Waals surface area contributed by atoms with E-state index in [1.807, 2.05) is 6.92 Å². The highest BCUT2D eigenvalue weighted by Gasteiger charge is 2.48. The third kappa shape index (κ3) is 3.22. The van der Waals surface area contributed by atoms with E-state index in [-0.39, 0.29) is 11.4 Å². The van der Waals surface area contributed by atoms with Gasteiger partial charge in [0.2, 0.25) is 10.0 Å². The maximum absolute atomic E-state index is 13.0. The summed E-state index contributed by atoms with van der Waals surface area (Å²) in [6, 6.07) is -0.451. The minimum atomic E-state index is -3.73. The number of nitrogens with zero attached hydrogens (tertiary/aromatic N) is 4. The lowest BCUT2D eigenvalue weighted by molar-refractivity contribution is -0.406. The van der Waals surface area contributed by atoms with E-state index in [4.69, 9.17) is 0 Å². The predicted molar refractivity (Wildman–Crippen MR) is 101 cm³/mol. The molecule has 0 spiro atoms. The number of carbonyl (C=O) groups is 2. The monoisotopic (exact) mass is 404 g/mol. The lowest BCUT2D eigenvalue weighted by Crippen LogP contribution is -2.53. The van der Waals surface area contributed by atoms with Gasteiger partial charge in [0.1, 0.15) is 18.2 Å². The van der Waals surface area contributed by atoms with E-state index in [1.165, 1.54) is 22.8 Å². The smallest absolute Gasteiger partial charge is 0.275 e. The van der Waals surface area contributed by atoms with Crippen LogP contribution in [0.25, 0.3) is 0 Å². The number of sulfonamides is 1. The molecular formula is C18H22N5O4S+. The van der Waals surface area contributed by atoms with Gasteiger partial charge in [-0.25, -0.2) is 17.9 Å². The highest BCUT2D eigenvalue weighted by atomic mass is 32.2.